The molecule has 0 radical (unpaired) electrons. The predicted molar refractivity (Wildman–Crippen MR) is 62.8 cm³/mol. The highest BCUT2D eigenvalue weighted by Gasteiger charge is 2.30. The van der Waals surface area contributed by atoms with Crippen molar-refractivity contribution in [2.24, 2.45) is 11.7 Å². The molecule has 1 aliphatic rings. The summed E-state index contributed by atoms with van der Waals surface area (Å²) in [6, 6.07) is 3.67. The van der Waals surface area contributed by atoms with Crippen LogP contribution in [0.5, 0.6) is 0 Å². The lowest BCUT2D eigenvalue weighted by Gasteiger charge is -2.36. The molecule has 5 nitrogen and oxygen atoms in total. The van der Waals surface area contributed by atoms with Crippen LogP contribution in [-0.4, -0.2) is 24.8 Å². The molecule has 0 aromatic carbocycles. The minimum Gasteiger partial charge on any atom is -0.438 e. The maximum Gasteiger partial charge on any atom is 0.222 e. The number of hydrogen-bond donors (Lipinski definition) is 1. The van der Waals surface area contributed by atoms with Crippen molar-refractivity contribution in [3.05, 3.63) is 17.9 Å². The molecule has 1 saturated heterocycles. The second kappa shape index (κ2) is 4.61. The first-order valence-corrected chi connectivity index (χ1v) is 5.72. The van der Waals surface area contributed by atoms with Gasteiger partial charge in [-0.1, -0.05) is 0 Å². The van der Waals surface area contributed by atoms with Gasteiger partial charge in [-0.3, -0.25) is 9.59 Å². The average Bonchev–Trinajstić information content (AvgIpc) is 2.77. The van der Waals surface area contributed by atoms with E-state index in [9.17, 15) is 9.59 Å². The van der Waals surface area contributed by atoms with Crippen LogP contribution in [0, 0.1) is 5.92 Å². The zero-order chi connectivity index (χ0) is 12.4. The number of nitrogens with zero attached hydrogens (tertiary/aromatic N) is 1. The first-order chi connectivity index (χ1) is 8.11. The van der Waals surface area contributed by atoms with E-state index in [0.29, 0.717) is 24.5 Å². The van der Waals surface area contributed by atoms with Crippen molar-refractivity contribution in [2.75, 3.05) is 11.4 Å². The molecular weight excluding hydrogens is 220 g/mol. The molecule has 1 aliphatic heterocycles. The third-order valence-electron chi connectivity index (χ3n) is 3.30. The first kappa shape index (κ1) is 11.7. The van der Waals surface area contributed by atoms with E-state index in [4.69, 9.17) is 10.2 Å². The highest BCUT2D eigenvalue weighted by atomic mass is 16.4. The molecule has 1 aromatic rings. The van der Waals surface area contributed by atoms with E-state index < -0.39 is 0 Å². The summed E-state index contributed by atoms with van der Waals surface area (Å²) in [5.41, 5.74) is 5.33. The highest BCUT2D eigenvalue weighted by Crippen LogP contribution is 2.28. The number of nitrogens with two attached hydrogens (primary N) is 1. The Labute approximate surface area is 99.6 Å². The van der Waals surface area contributed by atoms with E-state index in [0.717, 1.165) is 12.8 Å². The van der Waals surface area contributed by atoms with Crippen LogP contribution in [-0.2, 0) is 4.79 Å². The molecule has 1 amide bonds. The van der Waals surface area contributed by atoms with Gasteiger partial charge in [-0.25, -0.2) is 0 Å². The van der Waals surface area contributed by atoms with Gasteiger partial charge in [0.1, 0.15) is 0 Å². The van der Waals surface area contributed by atoms with Gasteiger partial charge in [-0.15, -0.1) is 0 Å². The Balaban J connectivity index is 2.17. The standard InChI is InChI=1S/C12H16N2O3/c1-8-2-3-9(12(13)16)6-14(8)11-5-4-10(7-15)17-11/h4-5,7-9H,2-3,6H2,1H3,(H2,13,16). The number of aldehydes is 1. The van der Waals surface area contributed by atoms with Crippen molar-refractivity contribution >= 4 is 18.1 Å². The van der Waals surface area contributed by atoms with Crippen LogP contribution in [0.1, 0.15) is 30.3 Å². The fourth-order valence-corrected chi connectivity index (χ4v) is 2.21. The van der Waals surface area contributed by atoms with Crippen molar-refractivity contribution in [3.8, 4) is 0 Å². The lowest BCUT2D eigenvalue weighted by Crippen LogP contribution is -2.45. The Morgan fingerprint density at radius 2 is 2.29 bits per heavy atom. The van der Waals surface area contributed by atoms with Crippen LogP contribution in [0.15, 0.2) is 16.5 Å². The molecule has 5 heteroatoms. The fourth-order valence-electron chi connectivity index (χ4n) is 2.21. The molecule has 2 atom stereocenters. The van der Waals surface area contributed by atoms with Crippen molar-refractivity contribution < 1.29 is 14.0 Å². The number of piperidine rings is 1. The zero-order valence-corrected chi connectivity index (χ0v) is 9.76. The minimum absolute atomic E-state index is 0.143. The molecule has 2 rings (SSSR count). The molecule has 2 heterocycles. The maximum absolute atomic E-state index is 11.2. The summed E-state index contributed by atoms with van der Waals surface area (Å²) >= 11 is 0. The van der Waals surface area contributed by atoms with Crippen LogP contribution < -0.4 is 10.6 Å². The number of primary amides is 1. The largest absolute Gasteiger partial charge is 0.438 e. The molecule has 0 saturated carbocycles. The number of hydrogen-bond acceptors (Lipinski definition) is 4. The summed E-state index contributed by atoms with van der Waals surface area (Å²) in [6.07, 6.45) is 2.38. The van der Waals surface area contributed by atoms with Crippen molar-refractivity contribution in [3.63, 3.8) is 0 Å². The summed E-state index contributed by atoms with van der Waals surface area (Å²) < 4.78 is 5.38. The SMILES string of the molecule is CC1CCC(C(N)=O)CN1c1ccc(C=O)o1. The van der Waals surface area contributed by atoms with Gasteiger partial charge in [0.2, 0.25) is 5.91 Å². The van der Waals surface area contributed by atoms with E-state index >= 15 is 0 Å². The van der Waals surface area contributed by atoms with Crippen LogP contribution in [0.2, 0.25) is 0 Å². The molecule has 1 fully saturated rings. The fraction of sp³-hybridized carbons (Fsp3) is 0.500. The lowest BCUT2D eigenvalue weighted by molar-refractivity contribution is -0.122. The van der Waals surface area contributed by atoms with Gasteiger partial charge < -0.3 is 15.1 Å². The van der Waals surface area contributed by atoms with Gasteiger partial charge in [0, 0.05) is 18.7 Å². The average molecular weight is 236 g/mol. The molecule has 0 aliphatic carbocycles. The van der Waals surface area contributed by atoms with Gasteiger partial charge >= 0.3 is 0 Å². The molecule has 17 heavy (non-hydrogen) atoms. The first-order valence-electron chi connectivity index (χ1n) is 5.72. The minimum atomic E-state index is -0.274. The van der Waals surface area contributed by atoms with E-state index in [2.05, 4.69) is 6.92 Å². The summed E-state index contributed by atoms with van der Waals surface area (Å²) in [5.74, 6) is 0.513. The third-order valence-corrected chi connectivity index (χ3v) is 3.30. The normalized spacial score (nSPS) is 24.6. The second-order valence-corrected chi connectivity index (χ2v) is 4.47. The van der Waals surface area contributed by atoms with E-state index in [1.54, 1.807) is 12.1 Å². The van der Waals surface area contributed by atoms with Crippen molar-refractivity contribution in [2.45, 2.75) is 25.8 Å². The van der Waals surface area contributed by atoms with E-state index in [1.807, 2.05) is 4.90 Å². The molecule has 92 valence electrons. The smallest absolute Gasteiger partial charge is 0.222 e. The highest BCUT2D eigenvalue weighted by molar-refractivity contribution is 5.77. The Morgan fingerprint density at radius 3 is 2.88 bits per heavy atom. The lowest BCUT2D eigenvalue weighted by atomic mass is 9.93. The Kier molecular flexibility index (Phi) is 3.17. The number of carbonyl (C=O) groups is 2. The Morgan fingerprint density at radius 1 is 1.53 bits per heavy atom. The molecule has 1 aromatic heterocycles. The molecule has 2 unspecified atom stereocenters. The number of amides is 1. The number of rotatable bonds is 3. The van der Waals surface area contributed by atoms with E-state index in [1.165, 1.54) is 0 Å². The van der Waals surface area contributed by atoms with Gasteiger partial charge in [-0.05, 0) is 25.8 Å². The molecule has 2 N–H and O–H groups in total. The predicted octanol–water partition coefficient (Wildman–Crippen LogP) is 1.18. The van der Waals surface area contributed by atoms with Crippen LogP contribution >= 0.6 is 0 Å². The summed E-state index contributed by atoms with van der Waals surface area (Å²) in [5, 5.41) is 0. The second-order valence-electron chi connectivity index (χ2n) is 4.47. The Hall–Kier alpha value is -1.78. The number of anilines is 1. The quantitative estimate of drug-likeness (QED) is 0.799. The number of furan rings is 1. The molecule has 0 spiro atoms. The topological polar surface area (TPSA) is 76.5 Å². The van der Waals surface area contributed by atoms with Gasteiger partial charge in [0.05, 0.1) is 5.92 Å². The third kappa shape index (κ3) is 2.33. The van der Waals surface area contributed by atoms with E-state index in [-0.39, 0.29) is 17.9 Å². The van der Waals surface area contributed by atoms with Crippen molar-refractivity contribution in [1.29, 1.82) is 0 Å². The Bertz CT molecular complexity index is 427. The number of carbonyl (C=O) groups excluding carboxylic acids is 2. The van der Waals surface area contributed by atoms with Gasteiger partial charge in [-0.2, -0.15) is 0 Å². The maximum atomic E-state index is 11.2. The molecular formula is C12H16N2O3. The van der Waals surface area contributed by atoms with Gasteiger partial charge in [0.25, 0.3) is 0 Å². The monoisotopic (exact) mass is 236 g/mol. The van der Waals surface area contributed by atoms with Gasteiger partial charge in [0.15, 0.2) is 17.9 Å². The zero-order valence-electron chi connectivity index (χ0n) is 9.76. The summed E-state index contributed by atoms with van der Waals surface area (Å²) in [4.78, 5) is 23.8. The molecule has 0 bridgehead atoms. The van der Waals surface area contributed by atoms with Crippen LogP contribution in [0.4, 0.5) is 5.88 Å². The summed E-state index contributed by atoms with van der Waals surface area (Å²) in [6.45, 7) is 2.63. The summed E-state index contributed by atoms with van der Waals surface area (Å²) in [7, 11) is 0. The van der Waals surface area contributed by atoms with Crippen LogP contribution in [0.3, 0.4) is 0 Å². The van der Waals surface area contributed by atoms with Crippen molar-refractivity contribution in [1.82, 2.24) is 0 Å². The van der Waals surface area contributed by atoms with Crippen LogP contribution in [0.25, 0.3) is 0 Å².